The molecular weight excluding hydrogens is 394 g/mol. The molecule has 0 radical (unpaired) electrons. The topological polar surface area (TPSA) is 123 Å². The predicted octanol–water partition coefficient (Wildman–Crippen LogP) is 1.29. The zero-order chi connectivity index (χ0) is 22.1. The minimum absolute atomic E-state index is 0.0844. The molecule has 1 saturated heterocycles. The van der Waals surface area contributed by atoms with E-state index in [4.69, 9.17) is 14.2 Å². The lowest BCUT2D eigenvalue weighted by Gasteiger charge is -2.21. The van der Waals surface area contributed by atoms with Crippen LogP contribution in [-0.2, 0) is 19.1 Å². The Bertz CT molecular complexity index is 883. The fourth-order valence-electron chi connectivity index (χ4n) is 3.37. The van der Waals surface area contributed by atoms with Crippen molar-refractivity contribution in [2.24, 2.45) is 5.92 Å². The quantitative estimate of drug-likeness (QED) is 0.481. The summed E-state index contributed by atoms with van der Waals surface area (Å²) in [4.78, 5) is 50.1. The number of urea groups is 1. The zero-order valence-electron chi connectivity index (χ0n) is 17.3. The number of hydrogen-bond acceptors (Lipinski definition) is 7. The van der Waals surface area contributed by atoms with Crippen LogP contribution in [-0.4, -0.2) is 61.1 Å². The molecule has 1 aliphatic heterocycles. The van der Waals surface area contributed by atoms with Gasteiger partial charge >= 0.3 is 12.0 Å². The van der Waals surface area contributed by atoms with Crippen LogP contribution < -0.4 is 20.1 Å². The summed E-state index contributed by atoms with van der Waals surface area (Å²) in [5, 5.41) is 5.26. The highest BCUT2D eigenvalue weighted by Gasteiger charge is 2.56. The Morgan fingerprint density at radius 3 is 2.50 bits per heavy atom. The van der Waals surface area contributed by atoms with E-state index in [9.17, 15) is 19.2 Å². The van der Waals surface area contributed by atoms with Gasteiger partial charge in [0.15, 0.2) is 17.6 Å². The van der Waals surface area contributed by atoms with Gasteiger partial charge in [-0.2, -0.15) is 0 Å². The molecule has 1 aromatic carbocycles. The van der Waals surface area contributed by atoms with Crippen LogP contribution in [0.15, 0.2) is 18.2 Å². The van der Waals surface area contributed by atoms with Gasteiger partial charge in [-0.3, -0.25) is 19.3 Å². The molecule has 2 aliphatic rings. The molecule has 2 N–H and O–H groups in total. The van der Waals surface area contributed by atoms with Crippen LogP contribution in [0.1, 0.15) is 26.7 Å². The number of rotatable bonds is 8. The highest BCUT2D eigenvalue weighted by molar-refractivity contribution is 6.09. The molecule has 2 fully saturated rings. The maximum Gasteiger partial charge on any atom is 0.327 e. The number of nitrogens with one attached hydrogen (secondary N) is 2. The second kappa shape index (κ2) is 8.21. The van der Waals surface area contributed by atoms with Gasteiger partial charge in [0.25, 0.3) is 11.8 Å². The monoisotopic (exact) mass is 419 g/mol. The SMILES string of the molecule is COc1ccc(NC(=O)[C@@H](C)OC(=O)CN2C(=O)N[C@@](C)(C3CC3)C2=O)cc1OC. The molecule has 0 aromatic heterocycles. The van der Waals surface area contributed by atoms with Crippen molar-refractivity contribution in [1.29, 1.82) is 0 Å². The van der Waals surface area contributed by atoms with Crippen LogP contribution in [0.25, 0.3) is 0 Å². The summed E-state index contributed by atoms with van der Waals surface area (Å²) in [6.45, 7) is 2.50. The van der Waals surface area contributed by atoms with E-state index in [2.05, 4.69) is 10.6 Å². The van der Waals surface area contributed by atoms with Crippen molar-refractivity contribution in [1.82, 2.24) is 10.2 Å². The average Bonchev–Trinajstić information content (AvgIpc) is 3.54. The lowest BCUT2D eigenvalue weighted by Crippen LogP contribution is -2.46. The van der Waals surface area contributed by atoms with E-state index in [1.165, 1.54) is 21.1 Å². The molecule has 0 spiro atoms. The van der Waals surface area contributed by atoms with Gasteiger partial charge in [-0.15, -0.1) is 0 Å². The summed E-state index contributed by atoms with van der Waals surface area (Å²) >= 11 is 0. The molecule has 0 unspecified atom stereocenters. The Kier molecular flexibility index (Phi) is 5.86. The Morgan fingerprint density at radius 1 is 1.23 bits per heavy atom. The Labute approximate surface area is 173 Å². The number of nitrogens with zero attached hydrogens (tertiary/aromatic N) is 1. The van der Waals surface area contributed by atoms with Gasteiger partial charge in [0, 0.05) is 11.8 Å². The molecule has 30 heavy (non-hydrogen) atoms. The number of anilines is 1. The molecule has 1 aliphatic carbocycles. The van der Waals surface area contributed by atoms with E-state index in [0.717, 1.165) is 17.7 Å². The van der Waals surface area contributed by atoms with Crippen LogP contribution in [0.5, 0.6) is 11.5 Å². The van der Waals surface area contributed by atoms with Crippen molar-refractivity contribution in [3.63, 3.8) is 0 Å². The first-order chi connectivity index (χ1) is 14.2. The molecule has 162 valence electrons. The lowest BCUT2D eigenvalue weighted by molar-refractivity contribution is -0.155. The summed E-state index contributed by atoms with van der Waals surface area (Å²) in [5.41, 5.74) is -0.553. The molecule has 3 rings (SSSR count). The van der Waals surface area contributed by atoms with Crippen molar-refractivity contribution >= 4 is 29.5 Å². The van der Waals surface area contributed by atoms with Crippen molar-refractivity contribution in [3.8, 4) is 11.5 Å². The summed E-state index contributed by atoms with van der Waals surface area (Å²) in [6, 6.07) is 4.17. The van der Waals surface area contributed by atoms with Crippen molar-refractivity contribution in [2.45, 2.75) is 38.3 Å². The third kappa shape index (κ3) is 4.17. The summed E-state index contributed by atoms with van der Waals surface area (Å²) in [6.07, 6.45) is 0.573. The van der Waals surface area contributed by atoms with Crippen molar-refractivity contribution in [3.05, 3.63) is 18.2 Å². The lowest BCUT2D eigenvalue weighted by atomic mass is 9.96. The number of esters is 1. The first-order valence-electron chi connectivity index (χ1n) is 9.56. The van der Waals surface area contributed by atoms with Crippen molar-refractivity contribution < 1.29 is 33.4 Å². The Morgan fingerprint density at radius 2 is 1.90 bits per heavy atom. The Balaban J connectivity index is 1.56. The number of benzene rings is 1. The van der Waals surface area contributed by atoms with Crippen LogP contribution in [0.3, 0.4) is 0 Å². The molecular formula is C20H25N3O7. The van der Waals surface area contributed by atoms with Crippen LogP contribution in [0.4, 0.5) is 10.5 Å². The summed E-state index contributed by atoms with van der Waals surface area (Å²) in [7, 11) is 2.97. The average molecular weight is 419 g/mol. The highest BCUT2D eigenvalue weighted by atomic mass is 16.5. The third-order valence-electron chi connectivity index (χ3n) is 5.31. The normalized spacial score (nSPS) is 21.7. The molecule has 4 amide bonds. The molecule has 1 aromatic rings. The molecule has 10 heteroatoms. The van der Waals surface area contributed by atoms with Crippen LogP contribution >= 0.6 is 0 Å². The second-order valence-electron chi connectivity index (χ2n) is 7.49. The largest absolute Gasteiger partial charge is 0.493 e. The molecule has 1 saturated carbocycles. The number of imide groups is 1. The van der Waals surface area contributed by atoms with Gasteiger partial charge in [0.05, 0.1) is 14.2 Å². The predicted molar refractivity (Wildman–Crippen MR) is 105 cm³/mol. The minimum Gasteiger partial charge on any atom is -0.493 e. The zero-order valence-corrected chi connectivity index (χ0v) is 17.3. The van der Waals surface area contributed by atoms with Gasteiger partial charge in [-0.1, -0.05) is 0 Å². The first-order valence-corrected chi connectivity index (χ1v) is 9.56. The van der Waals surface area contributed by atoms with Gasteiger partial charge in [0.1, 0.15) is 12.1 Å². The smallest absolute Gasteiger partial charge is 0.327 e. The molecule has 10 nitrogen and oxygen atoms in total. The molecule has 2 atom stereocenters. The fraction of sp³-hybridized carbons (Fsp3) is 0.500. The van der Waals surface area contributed by atoms with Gasteiger partial charge in [0.2, 0.25) is 0 Å². The highest BCUT2D eigenvalue weighted by Crippen LogP contribution is 2.42. The van der Waals surface area contributed by atoms with Crippen LogP contribution in [0, 0.1) is 5.92 Å². The third-order valence-corrected chi connectivity index (χ3v) is 5.31. The maximum absolute atomic E-state index is 12.6. The number of ether oxygens (including phenoxy) is 3. The van der Waals surface area contributed by atoms with E-state index >= 15 is 0 Å². The van der Waals surface area contributed by atoms with E-state index in [0.29, 0.717) is 17.2 Å². The fourth-order valence-corrected chi connectivity index (χ4v) is 3.37. The summed E-state index contributed by atoms with van der Waals surface area (Å²) in [5.74, 6) is -0.862. The Hall–Kier alpha value is -3.30. The van der Waals surface area contributed by atoms with Gasteiger partial charge < -0.3 is 24.8 Å². The number of carbonyl (C=O) groups excluding carboxylic acids is 4. The first kappa shape index (κ1) is 21.4. The van der Waals surface area contributed by atoms with Crippen LogP contribution in [0.2, 0.25) is 0 Å². The molecule has 0 bridgehead atoms. The van der Waals surface area contributed by atoms with E-state index in [1.807, 2.05) is 0 Å². The molecule has 1 heterocycles. The second-order valence-corrected chi connectivity index (χ2v) is 7.49. The number of amides is 4. The van der Waals surface area contributed by atoms with E-state index in [-0.39, 0.29) is 5.92 Å². The number of hydrogen-bond donors (Lipinski definition) is 2. The van der Waals surface area contributed by atoms with E-state index < -0.39 is 42.0 Å². The van der Waals surface area contributed by atoms with E-state index in [1.54, 1.807) is 25.1 Å². The maximum atomic E-state index is 12.6. The van der Waals surface area contributed by atoms with Gasteiger partial charge in [-0.05, 0) is 44.7 Å². The standard InChI is InChI=1S/C20H25N3O7/c1-11(17(25)21-13-7-8-14(28-3)15(9-13)29-4)30-16(24)10-23-18(26)20(2,12-5-6-12)22-19(23)27/h7-9,11-12H,5-6,10H2,1-4H3,(H,21,25)(H,22,27)/t11-,20+/m1/s1. The number of carbonyl (C=O) groups is 4. The summed E-state index contributed by atoms with van der Waals surface area (Å²) < 4.78 is 15.4. The van der Waals surface area contributed by atoms with Gasteiger partial charge in [-0.25, -0.2) is 4.79 Å². The van der Waals surface area contributed by atoms with Crippen molar-refractivity contribution in [2.75, 3.05) is 26.1 Å². The minimum atomic E-state index is -1.14. The number of methoxy groups -OCH3 is 2.